The third-order valence-electron chi connectivity index (χ3n) is 3.86. The van der Waals surface area contributed by atoms with Crippen molar-refractivity contribution >= 4 is 5.91 Å². The maximum atomic E-state index is 14.3. The number of benzene rings is 1. The summed E-state index contributed by atoms with van der Waals surface area (Å²) in [4.78, 5) is 17.9. The summed E-state index contributed by atoms with van der Waals surface area (Å²) in [7, 11) is 1.90. The van der Waals surface area contributed by atoms with Crippen LogP contribution in [0.3, 0.4) is 0 Å². The van der Waals surface area contributed by atoms with Crippen molar-refractivity contribution in [3.63, 3.8) is 0 Å². The van der Waals surface area contributed by atoms with Crippen LogP contribution in [0.25, 0.3) is 5.69 Å². The standard InChI is InChI=1S/C17H23FN4O/c1-12(2)21(4)11-17(23)20-10-14-5-6-16(15(18)9-14)22-8-7-19-13(22)3/h5-9,12H,10-11H2,1-4H3,(H,20,23). The van der Waals surface area contributed by atoms with E-state index in [1.165, 1.54) is 6.07 Å². The van der Waals surface area contributed by atoms with Crippen molar-refractivity contribution in [1.82, 2.24) is 19.8 Å². The zero-order chi connectivity index (χ0) is 17.0. The molecule has 0 atom stereocenters. The Morgan fingerprint density at radius 2 is 2.17 bits per heavy atom. The highest BCUT2D eigenvalue weighted by Gasteiger charge is 2.11. The van der Waals surface area contributed by atoms with E-state index in [1.807, 2.05) is 38.8 Å². The van der Waals surface area contributed by atoms with E-state index in [1.54, 1.807) is 23.0 Å². The molecule has 0 unspecified atom stereocenters. The van der Waals surface area contributed by atoms with Crippen molar-refractivity contribution in [1.29, 1.82) is 0 Å². The number of aromatic nitrogens is 2. The minimum Gasteiger partial charge on any atom is -0.351 e. The third kappa shape index (κ3) is 4.39. The molecule has 0 saturated carbocycles. The van der Waals surface area contributed by atoms with Crippen LogP contribution in [-0.4, -0.2) is 40.0 Å². The number of rotatable bonds is 6. The molecule has 0 fully saturated rings. The van der Waals surface area contributed by atoms with Crippen molar-refractivity contribution in [2.75, 3.05) is 13.6 Å². The SMILES string of the molecule is Cc1nccn1-c1ccc(CNC(=O)CN(C)C(C)C)cc1F. The summed E-state index contributed by atoms with van der Waals surface area (Å²) >= 11 is 0. The molecule has 1 aromatic carbocycles. The van der Waals surface area contributed by atoms with E-state index in [-0.39, 0.29) is 11.7 Å². The summed E-state index contributed by atoms with van der Waals surface area (Å²) in [5.74, 6) is 0.315. The van der Waals surface area contributed by atoms with Gasteiger partial charge in [-0.05, 0) is 45.5 Å². The molecule has 0 aliphatic heterocycles. The van der Waals surface area contributed by atoms with Gasteiger partial charge < -0.3 is 9.88 Å². The van der Waals surface area contributed by atoms with E-state index in [9.17, 15) is 9.18 Å². The molecular weight excluding hydrogens is 295 g/mol. The Bertz CT molecular complexity index is 681. The van der Waals surface area contributed by atoms with E-state index < -0.39 is 0 Å². The van der Waals surface area contributed by atoms with Crippen molar-refractivity contribution in [3.8, 4) is 5.69 Å². The minimum absolute atomic E-state index is 0.0730. The quantitative estimate of drug-likeness (QED) is 0.889. The number of nitrogens with one attached hydrogen (secondary N) is 1. The van der Waals surface area contributed by atoms with Crippen LogP contribution in [0.5, 0.6) is 0 Å². The van der Waals surface area contributed by atoms with Gasteiger partial charge in [-0.3, -0.25) is 9.69 Å². The van der Waals surface area contributed by atoms with Gasteiger partial charge in [0.15, 0.2) is 0 Å². The van der Waals surface area contributed by atoms with E-state index in [4.69, 9.17) is 0 Å². The Labute approximate surface area is 136 Å². The van der Waals surface area contributed by atoms with Gasteiger partial charge in [0.2, 0.25) is 5.91 Å². The lowest BCUT2D eigenvalue weighted by atomic mass is 10.2. The van der Waals surface area contributed by atoms with E-state index >= 15 is 0 Å². The first-order chi connectivity index (χ1) is 10.9. The number of likely N-dealkylation sites (N-methyl/N-ethyl adjacent to an activating group) is 1. The fraction of sp³-hybridized carbons (Fsp3) is 0.412. The predicted octanol–water partition coefficient (Wildman–Crippen LogP) is 2.28. The molecule has 0 radical (unpaired) electrons. The van der Waals surface area contributed by atoms with Crippen LogP contribution in [0.1, 0.15) is 25.2 Å². The van der Waals surface area contributed by atoms with Crippen LogP contribution in [0.4, 0.5) is 4.39 Å². The number of aryl methyl sites for hydroxylation is 1. The molecule has 5 nitrogen and oxygen atoms in total. The van der Waals surface area contributed by atoms with Crippen LogP contribution < -0.4 is 5.32 Å². The second kappa shape index (κ2) is 7.37. The molecule has 6 heteroatoms. The number of nitrogens with zero attached hydrogens (tertiary/aromatic N) is 3. The van der Waals surface area contributed by atoms with Gasteiger partial charge in [0.1, 0.15) is 11.6 Å². The van der Waals surface area contributed by atoms with Crippen molar-refractivity contribution in [2.24, 2.45) is 0 Å². The molecule has 0 aliphatic rings. The first-order valence-corrected chi connectivity index (χ1v) is 7.64. The van der Waals surface area contributed by atoms with Crippen molar-refractivity contribution in [2.45, 2.75) is 33.4 Å². The Morgan fingerprint density at radius 3 is 2.74 bits per heavy atom. The fourth-order valence-electron chi connectivity index (χ4n) is 2.15. The Hall–Kier alpha value is -2.21. The second-order valence-electron chi connectivity index (χ2n) is 5.92. The van der Waals surface area contributed by atoms with Gasteiger partial charge in [-0.2, -0.15) is 0 Å². The maximum Gasteiger partial charge on any atom is 0.234 e. The summed E-state index contributed by atoms with van der Waals surface area (Å²) in [5.41, 5.74) is 1.18. The molecule has 1 N–H and O–H groups in total. The lowest BCUT2D eigenvalue weighted by molar-refractivity contribution is -0.122. The van der Waals surface area contributed by atoms with Crippen molar-refractivity contribution < 1.29 is 9.18 Å². The molecule has 0 bridgehead atoms. The zero-order valence-electron chi connectivity index (χ0n) is 14.0. The van der Waals surface area contributed by atoms with Gasteiger partial charge in [0.25, 0.3) is 0 Å². The largest absolute Gasteiger partial charge is 0.351 e. The van der Waals surface area contributed by atoms with Crippen LogP contribution in [0.15, 0.2) is 30.6 Å². The summed E-state index contributed by atoms with van der Waals surface area (Å²) in [6.45, 7) is 6.51. The number of imidazole rings is 1. The normalized spacial score (nSPS) is 11.3. The minimum atomic E-state index is -0.336. The maximum absolute atomic E-state index is 14.3. The van der Waals surface area contributed by atoms with E-state index in [0.29, 0.717) is 24.8 Å². The molecule has 1 aromatic heterocycles. The molecule has 2 rings (SSSR count). The lowest BCUT2D eigenvalue weighted by Crippen LogP contribution is -2.38. The molecule has 0 aliphatic carbocycles. The van der Waals surface area contributed by atoms with Crippen LogP contribution in [-0.2, 0) is 11.3 Å². The smallest absolute Gasteiger partial charge is 0.234 e. The Morgan fingerprint density at radius 1 is 1.43 bits per heavy atom. The summed E-state index contributed by atoms with van der Waals surface area (Å²) in [5, 5.41) is 2.81. The number of amides is 1. The number of hydrogen-bond acceptors (Lipinski definition) is 3. The molecule has 23 heavy (non-hydrogen) atoms. The summed E-state index contributed by atoms with van der Waals surface area (Å²) < 4.78 is 16.0. The second-order valence-corrected chi connectivity index (χ2v) is 5.92. The molecule has 1 heterocycles. The summed E-state index contributed by atoms with van der Waals surface area (Å²) in [6, 6.07) is 5.26. The monoisotopic (exact) mass is 318 g/mol. The van der Waals surface area contributed by atoms with E-state index in [0.717, 1.165) is 11.4 Å². The lowest BCUT2D eigenvalue weighted by Gasteiger charge is -2.20. The number of carbonyl (C=O) groups excluding carboxylic acids is 1. The molecule has 0 spiro atoms. The Balaban J connectivity index is 1.99. The highest BCUT2D eigenvalue weighted by atomic mass is 19.1. The zero-order valence-corrected chi connectivity index (χ0v) is 14.0. The number of hydrogen-bond donors (Lipinski definition) is 1. The van der Waals surface area contributed by atoms with Gasteiger partial charge in [0, 0.05) is 25.0 Å². The highest BCUT2D eigenvalue weighted by molar-refractivity contribution is 5.78. The molecule has 1 amide bonds. The predicted molar refractivity (Wildman–Crippen MR) is 87.9 cm³/mol. The van der Waals surface area contributed by atoms with Crippen molar-refractivity contribution in [3.05, 3.63) is 47.8 Å². The third-order valence-corrected chi connectivity index (χ3v) is 3.86. The van der Waals surface area contributed by atoms with E-state index in [2.05, 4.69) is 10.3 Å². The van der Waals surface area contributed by atoms with Gasteiger partial charge in [-0.1, -0.05) is 6.07 Å². The molecule has 124 valence electrons. The van der Waals surface area contributed by atoms with Crippen LogP contribution >= 0.6 is 0 Å². The van der Waals surface area contributed by atoms with Crippen LogP contribution in [0.2, 0.25) is 0 Å². The van der Waals surface area contributed by atoms with Gasteiger partial charge >= 0.3 is 0 Å². The molecular formula is C17H23FN4O. The first-order valence-electron chi connectivity index (χ1n) is 7.64. The average molecular weight is 318 g/mol. The van der Waals surface area contributed by atoms with Crippen LogP contribution in [0, 0.1) is 12.7 Å². The first kappa shape index (κ1) is 17.1. The number of carbonyl (C=O) groups is 1. The average Bonchev–Trinajstić information content (AvgIpc) is 2.91. The number of halogens is 1. The Kier molecular flexibility index (Phi) is 5.50. The molecule has 2 aromatic rings. The summed E-state index contributed by atoms with van der Waals surface area (Å²) in [6.07, 6.45) is 3.35. The fourth-order valence-corrected chi connectivity index (χ4v) is 2.15. The van der Waals surface area contributed by atoms with Gasteiger partial charge in [0.05, 0.1) is 12.2 Å². The topological polar surface area (TPSA) is 50.2 Å². The van der Waals surface area contributed by atoms with Gasteiger partial charge in [-0.25, -0.2) is 9.37 Å². The highest BCUT2D eigenvalue weighted by Crippen LogP contribution is 2.16. The molecule has 0 saturated heterocycles. The van der Waals surface area contributed by atoms with Gasteiger partial charge in [-0.15, -0.1) is 0 Å².